The largest absolute Gasteiger partial charge is 0.309 e. The summed E-state index contributed by atoms with van der Waals surface area (Å²) in [5.41, 5.74) is 5.01. The van der Waals surface area contributed by atoms with Crippen molar-refractivity contribution in [2.75, 3.05) is 7.05 Å². The van der Waals surface area contributed by atoms with Crippen molar-refractivity contribution in [1.82, 2.24) is 5.32 Å². The molecular formula is C19H24ClN. The molecule has 0 bridgehead atoms. The molecule has 2 heteroatoms. The highest BCUT2D eigenvalue weighted by molar-refractivity contribution is 6.31. The number of halogens is 1. The van der Waals surface area contributed by atoms with Gasteiger partial charge in [0, 0.05) is 5.02 Å². The minimum atomic E-state index is 0.184. The molecular weight excluding hydrogens is 278 g/mol. The van der Waals surface area contributed by atoms with Crippen LogP contribution in [0.2, 0.25) is 5.02 Å². The molecule has 0 saturated heterocycles. The first-order chi connectivity index (χ1) is 10.2. The normalized spacial score (nSPS) is 12.4. The first-order valence-corrected chi connectivity index (χ1v) is 8.05. The van der Waals surface area contributed by atoms with Crippen molar-refractivity contribution in [1.29, 1.82) is 0 Å². The van der Waals surface area contributed by atoms with Gasteiger partial charge in [-0.2, -0.15) is 0 Å². The van der Waals surface area contributed by atoms with Gasteiger partial charge in [0.15, 0.2) is 0 Å². The van der Waals surface area contributed by atoms with Gasteiger partial charge >= 0.3 is 0 Å². The fourth-order valence-corrected chi connectivity index (χ4v) is 2.76. The zero-order valence-electron chi connectivity index (χ0n) is 13.1. The lowest BCUT2D eigenvalue weighted by molar-refractivity contribution is 0.691. The number of aryl methyl sites for hydroxylation is 2. The van der Waals surface area contributed by atoms with Gasteiger partial charge in [-0.25, -0.2) is 0 Å². The van der Waals surface area contributed by atoms with E-state index in [1.807, 2.05) is 14.0 Å². The Kier molecular flexibility index (Phi) is 5.84. The Morgan fingerprint density at radius 2 is 1.71 bits per heavy atom. The van der Waals surface area contributed by atoms with E-state index >= 15 is 0 Å². The summed E-state index contributed by atoms with van der Waals surface area (Å²) in [5.74, 6) is 0. The molecule has 2 aromatic carbocycles. The minimum absolute atomic E-state index is 0.184. The molecule has 1 unspecified atom stereocenters. The summed E-state index contributed by atoms with van der Waals surface area (Å²) in [7, 11) is 1.99. The molecule has 1 nitrogen and oxygen atoms in total. The number of hydrogen-bond acceptors (Lipinski definition) is 1. The van der Waals surface area contributed by atoms with Crippen LogP contribution < -0.4 is 5.32 Å². The third kappa shape index (κ3) is 4.09. The minimum Gasteiger partial charge on any atom is -0.309 e. The highest BCUT2D eigenvalue weighted by Gasteiger charge is 2.12. The van der Waals surface area contributed by atoms with Crippen LogP contribution in [0.5, 0.6) is 0 Å². The smallest absolute Gasteiger partial charge is 0.0574 e. The average molecular weight is 302 g/mol. The number of nitrogens with one attached hydrogen (secondary N) is 1. The van der Waals surface area contributed by atoms with Crippen LogP contribution in [0.15, 0.2) is 42.5 Å². The lowest BCUT2D eigenvalue weighted by Crippen LogP contribution is -2.17. The third-order valence-electron chi connectivity index (χ3n) is 3.95. The SMILES string of the molecule is CCCCc1ccc(C(NC)c2ccc(C)c(Cl)c2)cc1. The van der Waals surface area contributed by atoms with E-state index < -0.39 is 0 Å². The fourth-order valence-electron chi connectivity index (χ4n) is 2.57. The summed E-state index contributed by atoms with van der Waals surface area (Å²) in [6.07, 6.45) is 3.66. The highest BCUT2D eigenvalue weighted by Crippen LogP contribution is 2.26. The molecule has 0 fully saturated rings. The second-order valence-electron chi connectivity index (χ2n) is 5.58. The first kappa shape index (κ1) is 16.1. The molecule has 0 aliphatic carbocycles. The quantitative estimate of drug-likeness (QED) is 0.763. The van der Waals surface area contributed by atoms with Crippen LogP contribution in [0.1, 0.15) is 48.1 Å². The van der Waals surface area contributed by atoms with Crippen molar-refractivity contribution in [2.24, 2.45) is 0 Å². The van der Waals surface area contributed by atoms with Gasteiger partial charge in [-0.05, 0) is 55.1 Å². The van der Waals surface area contributed by atoms with Gasteiger partial charge in [0.2, 0.25) is 0 Å². The summed E-state index contributed by atoms with van der Waals surface area (Å²) in [4.78, 5) is 0. The highest BCUT2D eigenvalue weighted by atomic mass is 35.5. The number of benzene rings is 2. The van der Waals surface area contributed by atoms with Crippen LogP contribution in [0.4, 0.5) is 0 Å². The molecule has 0 spiro atoms. The molecule has 0 aliphatic rings. The number of rotatable bonds is 6. The Hall–Kier alpha value is -1.31. The van der Waals surface area contributed by atoms with E-state index in [1.54, 1.807) is 0 Å². The molecule has 0 aliphatic heterocycles. The maximum Gasteiger partial charge on any atom is 0.0574 e. The Labute approximate surface area is 133 Å². The zero-order chi connectivity index (χ0) is 15.2. The second-order valence-corrected chi connectivity index (χ2v) is 5.98. The monoisotopic (exact) mass is 301 g/mol. The van der Waals surface area contributed by atoms with E-state index in [0.29, 0.717) is 0 Å². The van der Waals surface area contributed by atoms with Crippen LogP contribution in [-0.4, -0.2) is 7.05 Å². The fraction of sp³-hybridized carbons (Fsp3) is 0.368. The topological polar surface area (TPSA) is 12.0 Å². The van der Waals surface area contributed by atoms with Gasteiger partial charge in [0.25, 0.3) is 0 Å². The Morgan fingerprint density at radius 1 is 1.05 bits per heavy atom. The van der Waals surface area contributed by atoms with Crippen molar-refractivity contribution in [2.45, 2.75) is 39.2 Å². The van der Waals surface area contributed by atoms with Gasteiger partial charge in [0.05, 0.1) is 6.04 Å². The molecule has 1 N–H and O–H groups in total. The van der Waals surface area contributed by atoms with E-state index in [2.05, 4.69) is 54.7 Å². The Morgan fingerprint density at radius 3 is 2.29 bits per heavy atom. The molecule has 0 amide bonds. The van der Waals surface area contributed by atoms with E-state index in [4.69, 9.17) is 11.6 Å². The van der Waals surface area contributed by atoms with E-state index in [-0.39, 0.29) is 6.04 Å². The Bertz CT molecular complexity index is 575. The van der Waals surface area contributed by atoms with Gasteiger partial charge < -0.3 is 5.32 Å². The summed E-state index contributed by atoms with van der Waals surface area (Å²) >= 11 is 6.26. The molecule has 21 heavy (non-hydrogen) atoms. The van der Waals surface area contributed by atoms with E-state index in [9.17, 15) is 0 Å². The van der Waals surface area contributed by atoms with Crippen molar-refractivity contribution >= 4 is 11.6 Å². The standard InChI is InChI=1S/C19H24ClN/c1-4-5-6-15-8-11-16(12-9-15)19(21-3)17-10-7-14(2)18(20)13-17/h7-13,19,21H,4-6H2,1-3H3. The molecule has 0 radical (unpaired) electrons. The van der Waals surface area contributed by atoms with Crippen LogP contribution in [-0.2, 0) is 6.42 Å². The van der Waals surface area contributed by atoms with Crippen LogP contribution >= 0.6 is 11.6 Å². The molecule has 2 aromatic rings. The molecule has 112 valence electrons. The van der Waals surface area contributed by atoms with Gasteiger partial charge in [-0.3, -0.25) is 0 Å². The molecule has 0 saturated carbocycles. The number of hydrogen-bond donors (Lipinski definition) is 1. The van der Waals surface area contributed by atoms with Crippen LogP contribution in [0, 0.1) is 6.92 Å². The third-order valence-corrected chi connectivity index (χ3v) is 4.36. The summed E-state index contributed by atoms with van der Waals surface area (Å²) in [6, 6.07) is 15.4. The molecule has 2 rings (SSSR count). The maximum atomic E-state index is 6.26. The molecule has 1 atom stereocenters. The molecule has 0 aromatic heterocycles. The first-order valence-electron chi connectivity index (χ1n) is 7.68. The van der Waals surface area contributed by atoms with Crippen LogP contribution in [0.25, 0.3) is 0 Å². The predicted octanol–water partition coefficient (Wildman–Crippen LogP) is 5.30. The zero-order valence-corrected chi connectivity index (χ0v) is 13.9. The molecule has 0 heterocycles. The summed E-state index contributed by atoms with van der Waals surface area (Å²) < 4.78 is 0. The van der Waals surface area contributed by atoms with Gasteiger partial charge in [0.1, 0.15) is 0 Å². The summed E-state index contributed by atoms with van der Waals surface area (Å²) in [6.45, 7) is 4.26. The lowest BCUT2D eigenvalue weighted by atomic mass is 9.96. The van der Waals surface area contributed by atoms with Crippen molar-refractivity contribution in [3.05, 3.63) is 69.7 Å². The van der Waals surface area contributed by atoms with E-state index in [0.717, 1.165) is 17.0 Å². The van der Waals surface area contributed by atoms with Gasteiger partial charge in [-0.15, -0.1) is 0 Å². The van der Waals surface area contributed by atoms with Crippen molar-refractivity contribution < 1.29 is 0 Å². The van der Waals surface area contributed by atoms with Crippen molar-refractivity contribution in [3.63, 3.8) is 0 Å². The summed E-state index contributed by atoms with van der Waals surface area (Å²) in [5, 5.41) is 4.21. The average Bonchev–Trinajstić information content (AvgIpc) is 2.50. The van der Waals surface area contributed by atoms with Crippen LogP contribution in [0.3, 0.4) is 0 Å². The predicted molar refractivity (Wildman–Crippen MR) is 92.1 cm³/mol. The Balaban J connectivity index is 2.22. The van der Waals surface area contributed by atoms with Crippen molar-refractivity contribution in [3.8, 4) is 0 Å². The second kappa shape index (κ2) is 7.63. The lowest BCUT2D eigenvalue weighted by Gasteiger charge is -2.18. The maximum absolute atomic E-state index is 6.26. The number of unbranched alkanes of at least 4 members (excludes halogenated alkanes) is 1. The van der Waals surface area contributed by atoms with Gasteiger partial charge in [-0.1, -0.05) is 61.3 Å². The van der Waals surface area contributed by atoms with E-state index in [1.165, 1.54) is 29.5 Å².